The van der Waals surface area contributed by atoms with E-state index in [1.807, 2.05) is 121 Å². The number of hydrogen-bond donors (Lipinski definition) is 1. The fourth-order valence-corrected chi connectivity index (χ4v) is 4.77. The number of benzene rings is 4. The molecule has 0 unspecified atom stereocenters. The number of aliphatic hydroxyl groups excluding tert-OH is 1. The van der Waals surface area contributed by atoms with Gasteiger partial charge in [0.25, 0.3) is 0 Å². The zero-order valence-corrected chi connectivity index (χ0v) is 22.5. The molecule has 1 heterocycles. The Balaban J connectivity index is 1.36. The normalized spacial score (nSPS) is 22.7. The van der Waals surface area contributed by atoms with Gasteiger partial charge in [-0.1, -0.05) is 121 Å². The average molecular weight is 541 g/mol. The molecule has 0 aromatic heterocycles. The van der Waals surface area contributed by atoms with Crippen LogP contribution in [-0.4, -0.2) is 42.4 Å². The SMILES string of the molecule is O[C@H]1O[C@H](COCc2ccccc2)[C@H](OCc2ccccc2)[C@H](OCc2ccccc2)[C@H]1OCc1ccccc1. The summed E-state index contributed by atoms with van der Waals surface area (Å²) in [6.45, 7) is 1.65. The van der Waals surface area contributed by atoms with Crippen molar-refractivity contribution in [2.75, 3.05) is 6.61 Å². The Kier molecular flexibility index (Phi) is 10.5. The zero-order valence-electron chi connectivity index (χ0n) is 22.5. The van der Waals surface area contributed by atoms with Crippen LogP contribution < -0.4 is 0 Å². The zero-order chi connectivity index (χ0) is 27.4. The van der Waals surface area contributed by atoms with E-state index >= 15 is 0 Å². The molecule has 6 heteroatoms. The van der Waals surface area contributed by atoms with Gasteiger partial charge in [0.2, 0.25) is 0 Å². The van der Waals surface area contributed by atoms with Gasteiger partial charge in [-0.2, -0.15) is 0 Å². The minimum absolute atomic E-state index is 0.224. The first-order valence-corrected chi connectivity index (χ1v) is 13.7. The summed E-state index contributed by atoms with van der Waals surface area (Å²) in [6.07, 6.45) is -3.72. The molecule has 0 bridgehead atoms. The minimum atomic E-state index is -1.22. The molecule has 0 amide bonds. The Morgan fingerprint density at radius 2 is 0.850 bits per heavy atom. The first-order valence-electron chi connectivity index (χ1n) is 13.7. The van der Waals surface area contributed by atoms with E-state index in [0.29, 0.717) is 26.4 Å². The Hall–Kier alpha value is -3.36. The molecule has 40 heavy (non-hydrogen) atoms. The lowest BCUT2D eigenvalue weighted by Gasteiger charge is -2.44. The van der Waals surface area contributed by atoms with Crippen LogP contribution in [0.2, 0.25) is 0 Å². The van der Waals surface area contributed by atoms with Crippen molar-refractivity contribution in [2.45, 2.75) is 57.1 Å². The van der Waals surface area contributed by atoms with E-state index in [2.05, 4.69) is 0 Å². The first kappa shape index (κ1) is 28.2. The maximum atomic E-state index is 11.2. The van der Waals surface area contributed by atoms with Crippen LogP contribution in [0.15, 0.2) is 121 Å². The van der Waals surface area contributed by atoms with Crippen LogP contribution in [0.4, 0.5) is 0 Å². The molecule has 1 N–H and O–H groups in total. The maximum Gasteiger partial charge on any atom is 0.184 e. The van der Waals surface area contributed by atoms with Crippen molar-refractivity contribution in [3.05, 3.63) is 144 Å². The molecular weight excluding hydrogens is 504 g/mol. The summed E-state index contributed by atoms with van der Waals surface area (Å²) in [5.74, 6) is 0. The predicted molar refractivity (Wildman–Crippen MR) is 152 cm³/mol. The highest BCUT2D eigenvalue weighted by Crippen LogP contribution is 2.30. The standard InChI is InChI=1S/C34H36O6/c35-34-33(39-24-29-19-11-4-12-20-29)32(38-23-28-17-9-3-10-18-28)31(37-22-27-15-7-2-8-16-27)30(40-34)25-36-21-26-13-5-1-6-14-26/h1-20,30-35H,21-25H2/t30-,31+,32+,33-,34+/m1/s1. The minimum Gasteiger partial charge on any atom is -0.374 e. The van der Waals surface area contributed by atoms with Crippen molar-refractivity contribution in [1.82, 2.24) is 0 Å². The van der Waals surface area contributed by atoms with Gasteiger partial charge in [-0.05, 0) is 22.3 Å². The fraction of sp³-hybridized carbons (Fsp3) is 0.294. The average Bonchev–Trinajstić information content (AvgIpc) is 3.01. The third-order valence-corrected chi connectivity index (χ3v) is 6.86. The molecule has 4 aromatic rings. The van der Waals surface area contributed by atoms with Gasteiger partial charge in [-0.15, -0.1) is 0 Å². The van der Waals surface area contributed by atoms with Crippen molar-refractivity contribution in [3.63, 3.8) is 0 Å². The second-order valence-electron chi connectivity index (χ2n) is 9.85. The van der Waals surface area contributed by atoms with Gasteiger partial charge in [0.1, 0.15) is 24.4 Å². The third-order valence-electron chi connectivity index (χ3n) is 6.86. The molecule has 1 aliphatic rings. The molecule has 1 saturated heterocycles. The number of ether oxygens (including phenoxy) is 5. The van der Waals surface area contributed by atoms with Crippen LogP contribution in [0.5, 0.6) is 0 Å². The molecule has 1 aliphatic heterocycles. The molecule has 0 spiro atoms. The summed E-state index contributed by atoms with van der Waals surface area (Å²) < 4.78 is 31.4. The Morgan fingerprint density at radius 3 is 1.30 bits per heavy atom. The highest BCUT2D eigenvalue weighted by atomic mass is 16.7. The monoisotopic (exact) mass is 540 g/mol. The molecule has 208 valence electrons. The third kappa shape index (κ3) is 8.08. The highest BCUT2D eigenvalue weighted by molar-refractivity contribution is 5.16. The van der Waals surface area contributed by atoms with Crippen LogP contribution >= 0.6 is 0 Å². The lowest BCUT2D eigenvalue weighted by Crippen LogP contribution is -2.61. The summed E-state index contributed by atoms with van der Waals surface area (Å²) >= 11 is 0. The van der Waals surface area contributed by atoms with Gasteiger partial charge >= 0.3 is 0 Å². The molecule has 5 atom stereocenters. The molecule has 0 aliphatic carbocycles. The molecule has 0 saturated carbocycles. The summed E-state index contributed by atoms with van der Waals surface area (Å²) in [5, 5.41) is 11.2. The largest absolute Gasteiger partial charge is 0.374 e. The lowest BCUT2D eigenvalue weighted by atomic mass is 9.98. The summed E-state index contributed by atoms with van der Waals surface area (Å²) in [5.41, 5.74) is 4.10. The van der Waals surface area contributed by atoms with Crippen LogP contribution in [-0.2, 0) is 50.1 Å². The van der Waals surface area contributed by atoms with E-state index in [1.165, 1.54) is 0 Å². The van der Waals surface area contributed by atoms with Gasteiger partial charge in [0.15, 0.2) is 6.29 Å². The number of rotatable bonds is 13. The summed E-state index contributed by atoms with van der Waals surface area (Å²) in [4.78, 5) is 0. The van der Waals surface area contributed by atoms with Crippen molar-refractivity contribution < 1.29 is 28.8 Å². The lowest BCUT2D eigenvalue weighted by molar-refractivity contribution is -0.317. The van der Waals surface area contributed by atoms with E-state index in [0.717, 1.165) is 22.3 Å². The van der Waals surface area contributed by atoms with E-state index in [1.54, 1.807) is 0 Å². The van der Waals surface area contributed by atoms with E-state index < -0.39 is 30.7 Å². The summed E-state index contributed by atoms with van der Waals surface area (Å²) in [6, 6.07) is 39.7. The molecule has 4 aromatic carbocycles. The van der Waals surface area contributed by atoms with Gasteiger partial charge in [0.05, 0.1) is 33.0 Å². The number of aliphatic hydroxyl groups is 1. The fourth-order valence-electron chi connectivity index (χ4n) is 4.77. The van der Waals surface area contributed by atoms with Crippen LogP contribution in [0.3, 0.4) is 0 Å². The summed E-state index contributed by atoms with van der Waals surface area (Å²) in [7, 11) is 0. The van der Waals surface area contributed by atoms with E-state index in [-0.39, 0.29) is 6.61 Å². The first-order chi connectivity index (χ1) is 19.8. The predicted octanol–water partition coefficient (Wildman–Crippen LogP) is 5.68. The Labute approximate surface area is 236 Å². The molecule has 6 nitrogen and oxygen atoms in total. The number of hydrogen-bond acceptors (Lipinski definition) is 6. The van der Waals surface area contributed by atoms with Gasteiger partial charge in [0, 0.05) is 0 Å². The van der Waals surface area contributed by atoms with Crippen molar-refractivity contribution in [3.8, 4) is 0 Å². The molecular formula is C34H36O6. The topological polar surface area (TPSA) is 66.4 Å². The van der Waals surface area contributed by atoms with Gasteiger partial charge < -0.3 is 28.8 Å². The molecule has 1 fully saturated rings. The van der Waals surface area contributed by atoms with Crippen molar-refractivity contribution >= 4 is 0 Å². The smallest absolute Gasteiger partial charge is 0.184 e. The quantitative estimate of drug-likeness (QED) is 0.236. The van der Waals surface area contributed by atoms with Crippen molar-refractivity contribution in [2.24, 2.45) is 0 Å². The second-order valence-corrected chi connectivity index (χ2v) is 9.85. The van der Waals surface area contributed by atoms with Crippen LogP contribution in [0.25, 0.3) is 0 Å². The van der Waals surface area contributed by atoms with Gasteiger partial charge in [-0.25, -0.2) is 0 Å². The Bertz CT molecular complexity index is 1240. The second kappa shape index (κ2) is 14.9. The van der Waals surface area contributed by atoms with Crippen LogP contribution in [0, 0.1) is 0 Å². The van der Waals surface area contributed by atoms with Crippen molar-refractivity contribution in [1.29, 1.82) is 0 Å². The van der Waals surface area contributed by atoms with E-state index in [9.17, 15) is 5.11 Å². The van der Waals surface area contributed by atoms with Gasteiger partial charge in [-0.3, -0.25) is 0 Å². The maximum absolute atomic E-state index is 11.2. The van der Waals surface area contributed by atoms with E-state index in [4.69, 9.17) is 23.7 Å². The highest BCUT2D eigenvalue weighted by Gasteiger charge is 2.48. The Morgan fingerprint density at radius 1 is 0.475 bits per heavy atom. The van der Waals surface area contributed by atoms with Crippen LogP contribution in [0.1, 0.15) is 22.3 Å². The molecule has 0 radical (unpaired) electrons. The molecule has 5 rings (SSSR count).